The van der Waals surface area contributed by atoms with Crippen LogP contribution in [-0.2, 0) is 0 Å². The normalized spacial score (nSPS) is 12.7. The highest BCUT2D eigenvalue weighted by Gasteiger charge is 2.31. The van der Waals surface area contributed by atoms with Crippen LogP contribution >= 0.6 is 23.4 Å². The molecule has 0 amide bonds. The molecule has 3 aromatic rings. The zero-order valence-corrected chi connectivity index (χ0v) is 14.5. The maximum Gasteiger partial charge on any atom is 0.196 e. The van der Waals surface area contributed by atoms with Crippen molar-refractivity contribution >= 4 is 40.6 Å². The van der Waals surface area contributed by atoms with Gasteiger partial charge in [0.25, 0.3) is 0 Å². The van der Waals surface area contributed by atoms with Gasteiger partial charge in [-0.2, -0.15) is 0 Å². The van der Waals surface area contributed by atoms with Crippen LogP contribution in [-0.4, -0.2) is 11.6 Å². The molecular formula is C20H12ClNO2S. The Hall–Kier alpha value is -2.56. The first-order valence-electron chi connectivity index (χ1n) is 7.60. The van der Waals surface area contributed by atoms with Gasteiger partial charge in [0.05, 0.1) is 10.6 Å². The third kappa shape index (κ3) is 2.64. The van der Waals surface area contributed by atoms with Crippen LogP contribution in [0, 0.1) is 0 Å². The SMILES string of the molecule is Nc1cccc2c1C(=O)c1cc(Sc3ccccc3Cl)ccc1C2=O. The summed E-state index contributed by atoms with van der Waals surface area (Å²) in [7, 11) is 0. The monoisotopic (exact) mass is 365 g/mol. The molecule has 0 fully saturated rings. The zero-order chi connectivity index (χ0) is 17.6. The lowest BCUT2D eigenvalue weighted by Gasteiger charge is -2.19. The number of hydrogen-bond acceptors (Lipinski definition) is 4. The van der Waals surface area contributed by atoms with Crippen molar-refractivity contribution in [3.05, 3.63) is 87.9 Å². The number of ketones is 2. The minimum atomic E-state index is -0.218. The minimum absolute atomic E-state index is 0.175. The average Bonchev–Trinajstić information content (AvgIpc) is 2.61. The molecule has 0 heterocycles. The summed E-state index contributed by atoms with van der Waals surface area (Å²) in [6.07, 6.45) is 0. The van der Waals surface area contributed by atoms with Crippen molar-refractivity contribution in [3.63, 3.8) is 0 Å². The van der Waals surface area contributed by atoms with Gasteiger partial charge < -0.3 is 5.73 Å². The molecule has 1 aliphatic rings. The van der Waals surface area contributed by atoms with Crippen LogP contribution < -0.4 is 5.73 Å². The number of benzene rings is 3. The number of carbonyl (C=O) groups is 2. The Bertz CT molecular complexity index is 1050. The highest BCUT2D eigenvalue weighted by atomic mass is 35.5. The third-order valence-corrected chi connectivity index (χ3v) is 5.62. The van der Waals surface area contributed by atoms with E-state index in [0.29, 0.717) is 33.0 Å². The first-order chi connectivity index (χ1) is 12.1. The van der Waals surface area contributed by atoms with Crippen molar-refractivity contribution in [3.8, 4) is 0 Å². The molecule has 0 spiro atoms. The third-order valence-electron chi connectivity index (χ3n) is 4.11. The lowest BCUT2D eigenvalue weighted by atomic mass is 9.83. The van der Waals surface area contributed by atoms with Gasteiger partial charge >= 0.3 is 0 Å². The number of rotatable bonds is 2. The molecular weight excluding hydrogens is 354 g/mol. The highest BCUT2D eigenvalue weighted by Crippen LogP contribution is 2.37. The van der Waals surface area contributed by atoms with Gasteiger partial charge in [0.2, 0.25) is 0 Å². The van der Waals surface area contributed by atoms with Gasteiger partial charge in [-0.05, 0) is 36.4 Å². The number of nitrogens with two attached hydrogens (primary N) is 1. The Balaban J connectivity index is 1.80. The van der Waals surface area contributed by atoms with Crippen molar-refractivity contribution in [2.24, 2.45) is 0 Å². The van der Waals surface area contributed by atoms with E-state index in [9.17, 15) is 9.59 Å². The summed E-state index contributed by atoms with van der Waals surface area (Å²) in [5.41, 5.74) is 7.71. The predicted octanol–water partition coefficient (Wildman–Crippen LogP) is 4.85. The fraction of sp³-hybridized carbons (Fsp3) is 0. The van der Waals surface area contributed by atoms with Gasteiger partial charge in [0.15, 0.2) is 11.6 Å². The topological polar surface area (TPSA) is 60.2 Å². The molecule has 0 saturated carbocycles. The Morgan fingerprint density at radius 3 is 2.40 bits per heavy atom. The van der Waals surface area contributed by atoms with Crippen molar-refractivity contribution in [1.29, 1.82) is 0 Å². The van der Waals surface area contributed by atoms with Crippen molar-refractivity contribution < 1.29 is 9.59 Å². The first kappa shape index (κ1) is 15.9. The van der Waals surface area contributed by atoms with E-state index in [1.807, 2.05) is 30.3 Å². The van der Waals surface area contributed by atoms with Crippen molar-refractivity contribution in [2.75, 3.05) is 5.73 Å². The molecule has 3 aromatic carbocycles. The van der Waals surface area contributed by atoms with Gasteiger partial charge in [-0.1, -0.05) is 47.6 Å². The summed E-state index contributed by atoms with van der Waals surface area (Å²) in [5, 5.41) is 0.641. The van der Waals surface area contributed by atoms with Crippen molar-refractivity contribution in [2.45, 2.75) is 9.79 Å². The second-order valence-corrected chi connectivity index (χ2v) is 7.19. The van der Waals surface area contributed by atoms with E-state index >= 15 is 0 Å². The number of nitrogen functional groups attached to an aromatic ring is 1. The number of fused-ring (bicyclic) bond motifs is 2. The highest BCUT2D eigenvalue weighted by molar-refractivity contribution is 7.99. The van der Waals surface area contributed by atoms with Crippen LogP contribution in [0.3, 0.4) is 0 Å². The first-order valence-corrected chi connectivity index (χ1v) is 8.80. The number of anilines is 1. The fourth-order valence-electron chi connectivity index (χ4n) is 2.92. The summed E-state index contributed by atoms with van der Waals surface area (Å²) < 4.78 is 0. The van der Waals surface area contributed by atoms with E-state index in [1.165, 1.54) is 11.8 Å². The lowest BCUT2D eigenvalue weighted by molar-refractivity contribution is 0.0979. The molecule has 3 nitrogen and oxygen atoms in total. The Kier molecular flexibility index (Phi) is 3.86. The van der Waals surface area contributed by atoms with Crippen LogP contribution in [0.15, 0.2) is 70.5 Å². The molecule has 1 aliphatic carbocycles. The predicted molar refractivity (Wildman–Crippen MR) is 99.7 cm³/mol. The lowest BCUT2D eigenvalue weighted by Crippen LogP contribution is -2.22. The molecule has 5 heteroatoms. The second kappa shape index (κ2) is 6.06. The number of halogens is 1. The average molecular weight is 366 g/mol. The molecule has 0 unspecified atom stereocenters. The van der Waals surface area contributed by atoms with Gasteiger partial charge in [-0.25, -0.2) is 0 Å². The quantitative estimate of drug-likeness (QED) is 0.516. The summed E-state index contributed by atoms with van der Waals surface area (Å²) in [4.78, 5) is 27.3. The Labute approximate surface area is 153 Å². The van der Waals surface area contributed by atoms with Crippen LogP contribution in [0.4, 0.5) is 5.69 Å². The van der Waals surface area contributed by atoms with E-state index in [1.54, 1.807) is 30.3 Å². The van der Waals surface area contributed by atoms with Crippen molar-refractivity contribution in [1.82, 2.24) is 0 Å². The zero-order valence-electron chi connectivity index (χ0n) is 13.0. The van der Waals surface area contributed by atoms with Gasteiger partial charge in [0, 0.05) is 32.2 Å². The molecule has 0 bridgehead atoms. The summed E-state index contributed by atoms with van der Waals surface area (Å²) in [5.74, 6) is -0.393. The largest absolute Gasteiger partial charge is 0.398 e. The fourth-order valence-corrected chi connectivity index (χ4v) is 4.05. The molecule has 4 rings (SSSR count). The molecule has 25 heavy (non-hydrogen) atoms. The molecule has 0 aromatic heterocycles. The summed E-state index contributed by atoms with van der Waals surface area (Å²) >= 11 is 7.65. The van der Waals surface area contributed by atoms with Gasteiger partial charge in [0.1, 0.15) is 0 Å². The number of carbonyl (C=O) groups excluding carboxylic acids is 2. The Morgan fingerprint density at radius 2 is 1.60 bits per heavy atom. The maximum absolute atomic E-state index is 12.9. The van der Waals surface area contributed by atoms with Gasteiger partial charge in [-0.3, -0.25) is 9.59 Å². The number of hydrogen-bond donors (Lipinski definition) is 1. The van der Waals surface area contributed by atoms with E-state index < -0.39 is 0 Å². The molecule has 0 radical (unpaired) electrons. The maximum atomic E-state index is 12.9. The summed E-state index contributed by atoms with van der Waals surface area (Å²) in [6.45, 7) is 0. The van der Waals surface area contributed by atoms with Gasteiger partial charge in [-0.15, -0.1) is 0 Å². The minimum Gasteiger partial charge on any atom is -0.398 e. The molecule has 2 N–H and O–H groups in total. The molecule has 0 aliphatic heterocycles. The second-order valence-electron chi connectivity index (χ2n) is 5.67. The van der Waals surface area contributed by atoms with E-state index in [2.05, 4.69) is 0 Å². The van der Waals surface area contributed by atoms with Crippen LogP contribution in [0.25, 0.3) is 0 Å². The standard InChI is InChI=1S/C20H12ClNO2S/c21-15-5-1-2-7-17(15)25-11-8-9-12-14(10-11)20(24)18-13(19(12)23)4-3-6-16(18)22/h1-10H,22H2. The van der Waals surface area contributed by atoms with E-state index in [4.69, 9.17) is 17.3 Å². The Morgan fingerprint density at radius 1 is 0.800 bits per heavy atom. The molecule has 0 saturated heterocycles. The van der Waals surface area contributed by atoms with E-state index in [-0.39, 0.29) is 11.6 Å². The van der Waals surface area contributed by atoms with E-state index in [0.717, 1.165) is 9.79 Å². The van der Waals surface area contributed by atoms with Crippen LogP contribution in [0.2, 0.25) is 5.02 Å². The summed E-state index contributed by atoms with van der Waals surface area (Å²) in [6, 6.07) is 17.7. The molecule has 122 valence electrons. The van der Waals surface area contributed by atoms with Crippen LogP contribution in [0.1, 0.15) is 31.8 Å². The van der Waals surface area contributed by atoms with Crippen LogP contribution in [0.5, 0.6) is 0 Å². The molecule has 0 atom stereocenters. The smallest absolute Gasteiger partial charge is 0.196 e.